The van der Waals surface area contributed by atoms with Gasteiger partial charge in [-0.1, -0.05) is 73.2 Å². The average Bonchev–Trinajstić information content (AvgIpc) is 2.94. The zero-order valence-corrected chi connectivity index (χ0v) is 24.4. The molecule has 0 radical (unpaired) electrons. The molecule has 3 aromatic rings. The normalized spacial score (nSPS) is 11.9. The van der Waals surface area contributed by atoms with Gasteiger partial charge in [0.25, 0.3) is 0 Å². The van der Waals surface area contributed by atoms with Gasteiger partial charge in [-0.15, -0.1) is 6.58 Å². The van der Waals surface area contributed by atoms with E-state index in [9.17, 15) is 9.59 Å². The number of ketones is 1. The first kappa shape index (κ1) is 30.1. The minimum absolute atomic E-state index is 0.0292. The van der Waals surface area contributed by atoms with Crippen molar-refractivity contribution < 1.29 is 14.4 Å². The summed E-state index contributed by atoms with van der Waals surface area (Å²) in [4.78, 5) is 35.3. The Morgan fingerprint density at radius 1 is 0.923 bits per heavy atom. The van der Waals surface area contributed by atoms with Gasteiger partial charge in [0, 0.05) is 20.9 Å². The maximum absolute atomic E-state index is 12.9. The first-order valence-electron chi connectivity index (χ1n) is 13.3. The Labute approximate surface area is 236 Å². The average molecular weight is 543 g/mol. The number of nitrogens with zero attached hydrogens (tertiary/aromatic N) is 2. The van der Waals surface area contributed by atoms with E-state index in [4.69, 9.17) is 4.84 Å². The van der Waals surface area contributed by atoms with Crippen molar-refractivity contribution in [3.63, 3.8) is 0 Å². The predicted octanol–water partition coefficient (Wildman–Crippen LogP) is 7.71. The van der Waals surface area contributed by atoms with Crippen LogP contribution in [0.3, 0.4) is 0 Å². The lowest BCUT2D eigenvalue weighted by Crippen LogP contribution is -2.50. The highest BCUT2D eigenvalue weighted by molar-refractivity contribution is 7.99. The Hall–Kier alpha value is -3.48. The number of hydrogen-bond acceptors (Lipinski definition) is 6. The van der Waals surface area contributed by atoms with Crippen LogP contribution in [0, 0.1) is 6.92 Å². The van der Waals surface area contributed by atoms with Crippen LogP contribution >= 0.6 is 11.8 Å². The number of allylic oxidation sites excluding steroid dienone is 1. The van der Waals surface area contributed by atoms with Crippen molar-refractivity contribution in [1.29, 1.82) is 0 Å². The predicted molar refractivity (Wildman–Crippen MR) is 161 cm³/mol. The maximum atomic E-state index is 12.9. The number of carbonyl (C=O) groups is 2. The van der Waals surface area contributed by atoms with Gasteiger partial charge in [-0.2, -0.15) is 0 Å². The van der Waals surface area contributed by atoms with Crippen LogP contribution in [0.5, 0.6) is 0 Å². The molecule has 0 aliphatic heterocycles. The van der Waals surface area contributed by atoms with Crippen LogP contribution in [0.4, 0.5) is 0 Å². The van der Waals surface area contributed by atoms with E-state index in [1.165, 1.54) is 0 Å². The molecule has 0 aliphatic rings. The number of rotatable bonds is 13. The van der Waals surface area contributed by atoms with Crippen molar-refractivity contribution in [3.05, 3.63) is 108 Å². The van der Waals surface area contributed by atoms with E-state index >= 15 is 0 Å². The summed E-state index contributed by atoms with van der Waals surface area (Å²) >= 11 is 1.62. The highest BCUT2D eigenvalue weighted by atomic mass is 32.2. The van der Waals surface area contributed by atoms with Gasteiger partial charge >= 0.3 is 5.97 Å². The third-order valence-corrected chi connectivity index (χ3v) is 7.82. The van der Waals surface area contributed by atoms with E-state index in [0.29, 0.717) is 17.7 Å². The largest absolute Gasteiger partial charge is 0.354 e. The van der Waals surface area contributed by atoms with E-state index in [1.54, 1.807) is 11.8 Å². The summed E-state index contributed by atoms with van der Waals surface area (Å²) in [5.41, 5.74) is 3.20. The lowest BCUT2D eigenvalue weighted by atomic mass is 9.99. The van der Waals surface area contributed by atoms with E-state index in [-0.39, 0.29) is 11.8 Å². The Kier molecular flexibility index (Phi) is 10.8. The zero-order chi connectivity index (χ0) is 28.4. The van der Waals surface area contributed by atoms with Crippen molar-refractivity contribution in [2.45, 2.75) is 62.8 Å². The van der Waals surface area contributed by atoms with E-state index in [1.807, 2.05) is 118 Å². The van der Waals surface area contributed by atoms with E-state index in [2.05, 4.69) is 11.7 Å². The van der Waals surface area contributed by atoms with Crippen molar-refractivity contribution in [3.8, 4) is 0 Å². The summed E-state index contributed by atoms with van der Waals surface area (Å²) in [5.74, 6) is -0.347. The molecule has 5 nitrogen and oxygen atoms in total. The van der Waals surface area contributed by atoms with Crippen LogP contribution in [0.25, 0.3) is 0 Å². The van der Waals surface area contributed by atoms with Crippen LogP contribution in [0.1, 0.15) is 67.6 Å². The van der Waals surface area contributed by atoms with Gasteiger partial charge in [-0.05, 0) is 94.2 Å². The smallest absolute Gasteiger partial charge is 0.316 e. The number of oxime groups is 1. The van der Waals surface area contributed by atoms with Gasteiger partial charge in [0.1, 0.15) is 5.54 Å². The molecule has 0 bridgehead atoms. The molecule has 0 aliphatic carbocycles. The third kappa shape index (κ3) is 7.78. The molecule has 0 amide bonds. The summed E-state index contributed by atoms with van der Waals surface area (Å²) in [6.45, 7) is 15.0. The van der Waals surface area contributed by atoms with Gasteiger partial charge in [-0.3, -0.25) is 9.69 Å². The quantitative estimate of drug-likeness (QED) is 0.0728. The molecule has 0 heterocycles. The topological polar surface area (TPSA) is 59.0 Å². The lowest BCUT2D eigenvalue weighted by Gasteiger charge is -2.33. The molecule has 0 aromatic heterocycles. The van der Waals surface area contributed by atoms with Crippen molar-refractivity contribution in [2.75, 3.05) is 13.1 Å². The standard InChI is InChI=1S/C33H38N2O3S/c1-7-10-15-30(34-38-32(37)33(5,6)35(8-2)9-3)25-16-20-27(21-17-25)39-28-22-18-26(19-23-28)31(36)29-14-12-11-13-24(29)4/h7,11-14,16-23H,1,8-10,15H2,2-6H3/b34-30+. The monoisotopic (exact) mass is 542 g/mol. The molecule has 0 saturated heterocycles. The van der Waals surface area contributed by atoms with Crippen molar-refractivity contribution >= 4 is 29.2 Å². The minimum Gasteiger partial charge on any atom is -0.316 e. The molecule has 0 fully saturated rings. The Morgan fingerprint density at radius 3 is 2.03 bits per heavy atom. The number of aryl methyl sites for hydroxylation is 1. The molecule has 39 heavy (non-hydrogen) atoms. The van der Waals surface area contributed by atoms with E-state index < -0.39 is 5.54 Å². The summed E-state index contributed by atoms with van der Waals surface area (Å²) in [7, 11) is 0. The second-order valence-corrected chi connectivity index (χ2v) is 10.9. The molecular weight excluding hydrogens is 504 g/mol. The molecule has 0 atom stereocenters. The van der Waals surface area contributed by atoms with Gasteiger partial charge in [0.2, 0.25) is 0 Å². The van der Waals surface area contributed by atoms with Gasteiger partial charge in [0.05, 0.1) is 5.71 Å². The fraction of sp³-hybridized carbons (Fsp3) is 0.303. The summed E-state index contributed by atoms with van der Waals surface area (Å²) in [6, 6.07) is 23.4. The number of benzene rings is 3. The summed E-state index contributed by atoms with van der Waals surface area (Å²) in [5, 5.41) is 4.27. The fourth-order valence-electron chi connectivity index (χ4n) is 4.34. The third-order valence-electron chi connectivity index (χ3n) is 6.81. The molecule has 0 unspecified atom stereocenters. The Morgan fingerprint density at radius 2 is 1.49 bits per heavy atom. The second kappa shape index (κ2) is 14.1. The van der Waals surface area contributed by atoms with Gasteiger partial charge in [-0.25, -0.2) is 4.79 Å². The van der Waals surface area contributed by atoms with Gasteiger partial charge < -0.3 is 4.84 Å². The number of likely N-dealkylation sites (N-methyl/N-ethyl adjacent to an activating group) is 1. The second-order valence-electron chi connectivity index (χ2n) is 9.77. The molecule has 0 spiro atoms. The molecule has 6 heteroatoms. The minimum atomic E-state index is -0.767. The first-order valence-corrected chi connectivity index (χ1v) is 14.2. The molecule has 3 aromatic carbocycles. The summed E-state index contributed by atoms with van der Waals surface area (Å²) in [6.07, 6.45) is 3.17. The maximum Gasteiger partial charge on any atom is 0.354 e. The van der Waals surface area contributed by atoms with Crippen LogP contribution in [-0.4, -0.2) is 41.0 Å². The van der Waals surface area contributed by atoms with Crippen LogP contribution in [-0.2, 0) is 9.63 Å². The lowest BCUT2D eigenvalue weighted by molar-refractivity contribution is -0.156. The molecule has 3 rings (SSSR count). The Balaban J connectivity index is 1.71. The van der Waals surface area contributed by atoms with Crippen molar-refractivity contribution in [2.24, 2.45) is 5.16 Å². The SMILES string of the molecule is C=CCC/C(=N\OC(=O)C(C)(C)N(CC)CC)c1ccc(Sc2ccc(C(=O)c3ccccc3C)cc2)cc1. The van der Waals surface area contributed by atoms with Gasteiger partial charge in [0.15, 0.2) is 5.78 Å². The highest BCUT2D eigenvalue weighted by Crippen LogP contribution is 2.29. The summed E-state index contributed by atoms with van der Waals surface area (Å²) < 4.78 is 0. The molecule has 0 N–H and O–H groups in total. The fourth-order valence-corrected chi connectivity index (χ4v) is 5.16. The zero-order valence-electron chi connectivity index (χ0n) is 23.6. The number of carbonyl (C=O) groups excluding carboxylic acids is 2. The molecule has 204 valence electrons. The molecule has 0 saturated carbocycles. The van der Waals surface area contributed by atoms with Crippen LogP contribution in [0.2, 0.25) is 0 Å². The Bertz CT molecular complexity index is 1310. The van der Waals surface area contributed by atoms with E-state index in [0.717, 1.165) is 46.0 Å². The van der Waals surface area contributed by atoms with Crippen molar-refractivity contribution in [1.82, 2.24) is 4.90 Å². The number of hydrogen-bond donors (Lipinski definition) is 0. The highest BCUT2D eigenvalue weighted by Gasteiger charge is 2.35. The van der Waals surface area contributed by atoms with Crippen LogP contribution in [0.15, 0.2) is 100 Å². The molecular formula is C33H38N2O3S. The van der Waals surface area contributed by atoms with Crippen LogP contribution < -0.4 is 0 Å². The first-order chi connectivity index (χ1) is 18.7.